The number of carbonyl (C=O) groups is 4. The van der Waals surface area contributed by atoms with Crippen molar-refractivity contribution >= 4 is 144 Å². The molecule has 15 heterocycles. The van der Waals surface area contributed by atoms with E-state index in [1.54, 1.807) is 56.9 Å². The lowest BCUT2D eigenvalue weighted by Crippen LogP contribution is -2.41. The van der Waals surface area contributed by atoms with Gasteiger partial charge in [0.15, 0.2) is 38.2 Å². The first-order valence-corrected chi connectivity index (χ1v) is 45.6. The molecular formula is C91H86Br3N23O9S. The zero-order chi connectivity index (χ0) is 88.6. The number of aliphatic carboxylic acids is 3. The number of halogens is 3. The number of carbonyl (C=O) groups excluding carboxylic acids is 1. The molecule has 1 saturated heterocycles. The van der Waals surface area contributed by atoms with E-state index in [2.05, 4.69) is 93.1 Å². The molecule has 32 nitrogen and oxygen atoms in total. The van der Waals surface area contributed by atoms with E-state index in [0.29, 0.717) is 84.4 Å². The van der Waals surface area contributed by atoms with Gasteiger partial charge in [-0.1, -0.05) is 66.7 Å². The number of rotatable bonds is 15. The molecule has 0 radical (unpaired) electrons. The molecule has 36 heteroatoms. The molecule has 1 aliphatic heterocycles. The molecule has 11 N–H and O–H groups in total. The maximum Gasteiger partial charge on any atom is 0.306 e. The van der Waals surface area contributed by atoms with Crippen molar-refractivity contribution in [2.75, 3.05) is 52.4 Å². The fraction of sp³-hybridized carbons (Fsp3) is 0.264. The van der Waals surface area contributed by atoms with Crippen LogP contribution in [0.1, 0.15) is 129 Å². The van der Waals surface area contributed by atoms with Crippen LogP contribution < -0.4 is 27.8 Å². The molecule has 0 spiro atoms. The van der Waals surface area contributed by atoms with Crippen LogP contribution in [-0.4, -0.2) is 160 Å². The molecule has 4 aliphatic rings. The number of sulfone groups is 1. The summed E-state index contributed by atoms with van der Waals surface area (Å²) in [6, 6.07) is 37.7. The standard InChI is InChI=1S/C24H22BrN5O2.C23H23BrN6O2.C23H21BrN6O2.C21H20N6O3S/c25-20-21(15-6-8-16(9-7-15)24(31)32)29-23-18(13-28-30(23)22(20)26)17-10-11-19(27-12-17)14-4-2-1-3-5-14;1-29-9-8-16(12-29)18-7-6-15(10-26-18)17-11-27-30-21(25)19(24)20(28-22(17)30)13-2-4-14(5-3-13)23(31)32;24-19-20(14-1-3-15(4-2-14)23(31)32)29-22-17(12-28-30(22)21(19)25)16-5-6-18(27-11-16)13-7-9-26-10-8-13;1-13(28)18-19(22)27-20(25-21(18)26-6-8-31(29,30)9-7-26)16(12-24-27)15-10-14-4-2-3-5-17(14)23-11-15/h1-5,10-13,15-16H,6-9,26H2,(H,31,32);6-14H,2-5,25H2,1H3,(H,31,32);5-12,14-15H,1-4,25H2,(H,31,32);2-5,10-12H,6-9,22H2,1H3. The van der Waals surface area contributed by atoms with Gasteiger partial charge in [-0.25, -0.2) is 28.4 Å². The highest BCUT2D eigenvalue weighted by Crippen LogP contribution is 2.46. The van der Waals surface area contributed by atoms with E-state index in [-0.39, 0.29) is 77.3 Å². The third kappa shape index (κ3) is 17.6. The van der Waals surface area contributed by atoms with Gasteiger partial charge < -0.3 is 47.7 Å². The zero-order valence-corrected chi connectivity index (χ0v) is 74.4. The van der Waals surface area contributed by atoms with Crippen molar-refractivity contribution in [3.05, 3.63) is 226 Å². The summed E-state index contributed by atoms with van der Waals surface area (Å²) in [5, 5.41) is 46.6. The normalized spacial score (nSPS) is 18.1. The number of nitrogen functional groups attached to an aromatic ring is 4. The predicted octanol–water partition coefficient (Wildman–Crippen LogP) is 16.2. The van der Waals surface area contributed by atoms with Crippen LogP contribution in [0.3, 0.4) is 0 Å². The Balaban J connectivity index is 0.000000119. The third-order valence-corrected chi connectivity index (χ3v) is 28.3. The van der Waals surface area contributed by atoms with Crippen molar-refractivity contribution in [2.24, 2.45) is 24.8 Å². The van der Waals surface area contributed by atoms with Crippen LogP contribution in [-0.2, 0) is 31.3 Å². The SMILES string of the molecule is CC(=O)c1c(N2CCS(=O)(=O)CC2)nc2c(-c3cnc4ccccc4c3)cnn2c1N.Cn1ccc(-c2ccc(-c3cnn4c(N)c(Br)c(C5CCC(C(=O)O)CC5)nc34)cn2)c1.Nc1c(Br)c(C2CCC(C(=O)O)CC2)nc2c(-c3ccc(-c4ccccc4)nc3)cnn12.Nc1c(Br)c(C2CCC(C(=O)O)CC2)nc2c(-c3ccc(-c4ccncc4)nc3)cnn12. The molecule has 0 amide bonds. The Morgan fingerprint density at radius 2 is 0.795 bits per heavy atom. The number of anilines is 5. The molecular weight excluding hydrogens is 1830 g/mol. The van der Waals surface area contributed by atoms with Crippen LogP contribution in [0.25, 0.3) is 112 Å². The highest BCUT2D eigenvalue weighted by Gasteiger charge is 2.36. The number of aryl methyl sites for hydroxylation is 1. The van der Waals surface area contributed by atoms with Crippen LogP contribution >= 0.6 is 47.8 Å². The lowest BCUT2D eigenvalue weighted by molar-refractivity contribution is -0.143. The predicted molar refractivity (Wildman–Crippen MR) is 494 cm³/mol. The Morgan fingerprint density at radius 3 is 1.19 bits per heavy atom. The Hall–Kier alpha value is -13.3. The number of ketones is 1. The summed E-state index contributed by atoms with van der Waals surface area (Å²) in [7, 11) is -1.10. The summed E-state index contributed by atoms with van der Waals surface area (Å²) in [5.74, 6) is -0.674. The summed E-state index contributed by atoms with van der Waals surface area (Å²) in [4.78, 5) is 90.1. The van der Waals surface area contributed by atoms with E-state index >= 15 is 0 Å². The van der Waals surface area contributed by atoms with Crippen molar-refractivity contribution in [3.8, 4) is 78.3 Å². The van der Waals surface area contributed by atoms with Crippen molar-refractivity contribution in [3.63, 3.8) is 0 Å². The molecule has 3 aliphatic carbocycles. The number of para-hydroxylation sites is 1. The molecule has 0 atom stereocenters. The maximum atomic E-state index is 12.4. The number of pyridine rings is 5. The molecule has 16 aromatic rings. The number of aromatic nitrogens is 18. The fourth-order valence-corrected chi connectivity index (χ4v) is 20.1. The van der Waals surface area contributed by atoms with E-state index in [9.17, 15) is 42.9 Å². The second-order valence-electron chi connectivity index (χ2n) is 32.2. The fourth-order valence-electron chi connectivity index (χ4n) is 17.2. The molecule has 14 aromatic heterocycles. The number of fused-ring (bicyclic) bond motifs is 5. The molecule has 127 heavy (non-hydrogen) atoms. The number of carboxylic acids is 3. The van der Waals surface area contributed by atoms with E-state index in [1.807, 2.05) is 163 Å². The zero-order valence-electron chi connectivity index (χ0n) is 68.8. The molecule has 2 aromatic carbocycles. The first-order valence-electron chi connectivity index (χ1n) is 41.4. The van der Waals surface area contributed by atoms with Gasteiger partial charge in [0.05, 0.1) is 107 Å². The monoisotopic (exact) mass is 1910 g/mol. The quantitative estimate of drug-likeness (QED) is 0.0469. The topological polar surface area (TPSA) is 461 Å². The van der Waals surface area contributed by atoms with Gasteiger partial charge in [-0.3, -0.25) is 44.1 Å². The van der Waals surface area contributed by atoms with Gasteiger partial charge in [0, 0.05) is 154 Å². The van der Waals surface area contributed by atoms with Gasteiger partial charge in [-0.05, 0) is 180 Å². The number of hydrogen-bond donors (Lipinski definition) is 7. The van der Waals surface area contributed by atoms with E-state index in [1.165, 1.54) is 11.4 Å². The number of nitrogens with two attached hydrogens (primary N) is 4. The molecule has 0 bridgehead atoms. The highest BCUT2D eigenvalue weighted by atomic mass is 79.9. The van der Waals surface area contributed by atoms with Gasteiger partial charge in [0.1, 0.15) is 34.7 Å². The summed E-state index contributed by atoms with van der Waals surface area (Å²) in [5.41, 5.74) is 44.4. The summed E-state index contributed by atoms with van der Waals surface area (Å²) in [6.07, 6.45) is 30.2. The maximum absolute atomic E-state index is 12.4. The second kappa shape index (κ2) is 36.3. The van der Waals surface area contributed by atoms with Crippen molar-refractivity contribution in [2.45, 2.75) is 102 Å². The molecule has 3 saturated carbocycles. The van der Waals surface area contributed by atoms with E-state index < -0.39 is 27.7 Å². The number of benzene rings is 2. The first-order chi connectivity index (χ1) is 61.3. The molecule has 646 valence electrons. The average molecular weight is 1920 g/mol. The van der Waals surface area contributed by atoms with Crippen LogP contribution in [0, 0.1) is 17.8 Å². The van der Waals surface area contributed by atoms with Crippen molar-refractivity contribution in [1.29, 1.82) is 0 Å². The van der Waals surface area contributed by atoms with E-state index in [0.717, 1.165) is 158 Å². The van der Waals surface area contributed by atoms with Gasteiger partial charge >= 0.3 is 17.9 Å². The Kier molecular flexibility index (Phi) is 24.6. The van der Waals surface area contributed by atoms with Gasteiger partial charge in [0.2, 0.25) is 0 Å². The Bertz CT molecular complexity index is 6780. The lowest BCUT2D eigenvalue weighted by Gasteiger charge is -2.29. The molecule has 0 unspecified atom stereocenters. The number of nitrogens with zero attached hydrogens (tertiary/aromatic N) is 19. The minimum Gasteiger partial charge on any atom is -0.481 e. The number of Topliss-reactive ketones (excluding diaryl/α,β-unsaturated/α-hetero) is 1. The van der Waals surface area contributed by atoms with Gasteiger partial charge in [0.25, 0.3) is 0 Å². The largest absolute Gasteiger partial charge is 0.481 e. The summed E-state index contributed by atoms with van der Waals surface area (Å²) < 4.78 is 34.3. The van der Waals surface area contributed by atoms with Crippen molar-refractivity contribution in [1.82, 2.24) is 87.9 Å². The molecule has 20 rings (SSSR count). The minimum atomic E-state index is -3.08. The lowest BCUT2D eigenvalue weighted by atomic mass is 9.80. The smallest absolute Gasteiger partial charge is 0.306 e. The number of hydrogen-bond acceptors (Lipinski definition) is 24. The summed E-state index contributed by atoms with van der Waals surface area (Å²) in [6.45, 7) is 1.93. The highest BCUT2D eigenvalue weighted by molar-refractivity contribution is 9.11. The Labute approximate surface area is 752 Å². The van der Waals surface area contributed by atoms with Crippen LogP contribution in [0.5, 0.6) is 0 Å². The van der Waals surface area contributed by atoms with E-state index in [4.69, 9.17) is 42.9 Å². The van der Waals surface area contributed by atoms with Crippen LogP contribution in [0.15, 0.2) is 203 Å². The van der Waals surface area contributed by atoms with Crippen LogP contribution in [0.2, 0.25) is 0 Å². The number of carboxylic acid groups (broad SMARTS) is 3. The third-order valence-electron chi connectivity index (χ3n) is 24.3. The first kappa shape index (κ1) is 85.8. The van der Waals surface area contributed by atoms with Crippen molar-refractivity contribution < 1.29 is 42.9 Å². The minimum absolute atomic E-state index is 0.0117. The van der Waals surface area contributed by atoms with Gasteiger partial charge in [-0.15, -0.1) is 0 Å². The summed E-state index contributed by atoms with van der Waals surface area (Å²) >= 11 is 10.8. The second-order valence-corrected chi connectivity index (χ2v) is 36.9. The average Bonchev–Trinajstić information content (AvgIpc) is 1.66. The van der Waals surface area contributed by atoms with Crippen LogP contribution in [0.4, 0.5) is 29.1 Å². The Morgan fingerprint density at radius 1 is 0.417 bits per heavy atom. The molecule has 4 fully saturated rings. The van der Waals surface area contributed by atoms with Gasteiger partial charge in [-0.2, -0.15) is 38.5 Å².